The smallest absolute Gasteiger partial charge is 0.337 e. The van der Waals surface area contributed by atoms with E-state index in [9.17, 15) is 9.90 Å². The summed E-state index contributed by atoms with van der Waals surface area (Å²) in [5.74, 6) is 0.399. The van der Waals surface area contributed by atoms with Crippen molar-refractivity contribution in [3.63, 3.8) is 0 Å². The van der Waals surface area contributed by atoms with Crippen LogP contribution in [0.1, 0.15) is 15.9 Å². The highest BCUT2D eigenvalue weighted by molar-refractivity contribution is 7.08. The lowest BCUT2D eigenvalue weighted by Crippen LogP contribution is -1.98. The zero-order valence-corrected chi connectivity index (χ0v) is 11.7. The number of ether oxygens (including phenoxy) is 2. The van der Waals surface area contributed by atoms with Crippen molar-refractivity contribution in [1.82, 2.24) is 0 Å². The Morgan fingerprint density at radius 1 is 1.11 bits per heavy atom. The van der Waals surface area contributed by atoms with E-state index in [1.54, 1.807) is 25.0 Å². The Labute approximate surface area is 115 Å². The van der Waals surface area contributed by atoms with Gasteiger partial charge in [0, 0.05) is 16.5 Å². The van der Waals surface area contributed by atoms with Gasteiger partial charge in [0.05, 0.1) is 19.8 Å². The third-order valence-electron chi connectivity index (χ3n) is 2.90. The van der Waals surface area contributed by atoms with E-state index in [0.29, 0.717) is 17.1 Å². The summed E-state index contributed by atoms with van der Waals surface area (Å²) in [4.78, 5) is 11.2. The van der Waals surface area contributed by atoms with Crippen molar-refractivity contribution < 1.29 is 19.4 Å². The first-order valence-electron chi connectivity index (χ1n) is 5.61. The average Bonchev–Trinajstić information content (AvgIpc) is 2.87. The lowest BCUT2D eigenvalue weighted by atomic mass is 10.0. The second-order valence-electron chi connectivity index (χ2n) is 4.03. The summed E-state index contributed by atoms with van der Waals surface area (Å²) >= 11 is 1.35. The first kappa shape index (κ1) is 13.4. The zero-order valence-electron chi connectivity index (χ0n) is 10.9. The molecule has 2 aromatic rings. The van der Waals surface area contributed by atoms with E-state index < -0.39 is 5.97 Å². The quantitative estimate of drug-likeness (QED) is 0.930. The van der Waals surface area contributed by atoms with Crippen molar-refractivity contribution in [2.75, 3.05) is 14.2 Å². The number of aromatic carboxylic acids is 1. The molecule has 2 rings (SSSR count). The number of methoxy groups -OCH3 is 2. The van der Waals surface area contributed by atoms with Crippen LogP contribution in [0.3, 0.4) is 0 Å². The van der Waals surface area contributed by atoms with Gasteiger partial charge in [-0.3, -0.25) is 0 Å². The maximum absolute atomic E-state index is 11.2. The molecule has 0 spiro atoms. The van der Waals surface area contributed by atoms with E-state index in [1.807, 2.05) is 19.1 Å². The molecular formula is C14H14O4S. The highest BCUT2D eigenvalue weighted by Gasteiger charge is 2.18. The Balaban J connectivity index is 2.66. The van der Waals surface area contributed by atoms with Gasteiger partial charge < -0.3 is 14.6 Å². The topological polar surface area (TPSA) is 55.8 Å². The molecule has 0 saturated carbocycles. The van der Waals surface area contributed by atoms with E-state index in [-0.39, 0.29) is 5.56 Å². The number of carbonyl (C=O) groups is 1. The second-order valence-corrected chi connectivity index (χ2v) is 4.77. The monoisotopic (exact) mass is 278 g/mol. The van der Waals surface area contributed by atoms with Gasteiger partial charge in [0.1, 0.15) is 11.5 Å². The number of benzene rings is 1. The van der Waals surface area contributed by atoms with E-state index in [2.05, 4.69) is 0 Å². The summed E-state index contributed by atoms with van der Waals surface area (Å²) in [7, 11) is 3.15. The SMILES string of the molecule is COc1cc(-c2cscc2C(=O)O)c(OC)cc1C. The number of hydrogen-bond donors (Lipinski definition) is 1. The normalized spacial score (nSPS) is 10.3. The zero-order chi connectivity index (χ0) is 14.0. The van der Waals surface area contributed by atoms with Crippen LogP contribution in [-0.4, -0.2) is 25.3 Å². The van der Waals surface area contributed by atoms with Gasteiger partial charge in [-0.15, -0.1) is 0 Å². The van der Waals surface area contributed by atoms with Crippen molar-refractivity contribution in [2.24, 2.45) is 0 Å². The summed E-state index contributed by atoms with van der Waals surface area (Å²) in [6, 6.07) is 3.65. The third kappa shape index (κ3) is 2.42. The van der Waals surface area contributed by atoms with E-state index >= 15 is 0 Å². The summed E-state index contributed by atoms with van der Waals surface area (Å²) in [5.41, 5.74) is 2.58. The fourth-order valence-electron chi connectivity index (χ4n) is 1.93. The summed E-state index contributed by atoms with van der Waals surface area (Å²) < 4.78 is 10.6. The van der Waals surface area contributed by atoms with Crippen LogP contribution < -0.4 is 9.47 Å². The number of carboxylic acids is 1. The molecule has 0 amide bonds. The summed E-state index contributed by atoms with van der Waals surface area (Å²) in [5, 5.41) is 12.6. The van der Waals surface area contributed by atoms with Gasteiger partial charge in [0.15, 0.2) is 0 Å². The fraction of sp³-hybridized carbons (Fsp3) is 0.214. The fourth-order valence-corrected chi connectivity index (χ4v) is 2.75. The standard InChI is InChI=1S/C14H14O4S/c1-8-4-13(18-3)9(5-12(8)17-2)10-6-19-7-11(10)14(15)16/h4-7H,1-3H3,(H,15,16). The molecule has 0 aliphatic carbocycles. The van der Waals surface area contributed by atoms with Gasteiger partial charge in [-0.1, -0.05) is 0 Å². The molecule has 0 radical (unpaired) electrons. The molecule has 5 heteroatoms. The average molecular weight is 278 g/mol. The Kier molecular flexibility index (Phi) is 3.76. The number of carboxylic acid groups (broad SMARTS) is 1. The molecule has 0 unspecified atom stereocenters. The Morgan fingerprint density at radius 3 is 2.37 bits per heavy atom. The van der Waals surface area contributed by atoms with Gasteiger partial charge in [0.2, 0.25) is 0 Å². The second kappa shape index (κ2) is 5.32. The molecule has 4 nitrogen and oxygen atoms in total. The van der Waals surface area contributed by atoms with E-state index in [1.165, 1.54) is 11.3 Å². The number of hydrogen-bond acceptors (Lipinski definition) is 4. The van der Waals surface area contributed by atoms with Gasteiger partial charge in [-0.2, -0.15) is 11.3 Å². The summed E-state index contributed by atoms with van der Waals surface area (Å²) in [6.45, 7) is 1.91. The lowest BCUT2D eigenvalue weighted by molar-refractivity contribution is 0.0698. The molecular weight excluding hydrogens is 264 g/mol. The molecule has 100 valence electrons. The Hall–Kier alpha value is -2.01. The van der Waals surface area contributed by atoms with Crippen LogP contribution in [0.5, 0.6) is 11.5 Å². The molecule has 1 aromatic carbocycles. The number of aryl methyl sites for hydroxylation is 1. The van der Waals surface area contributed by atoms with Crippen LogP contribution in [-0.2, 0) is 0 Å². The van der Waals surface area contributed by atoms with Crippen molar-refractivity contribution >= 4 is 17.3 Å². The highest BCUT2D eigenvalue weighted by atomic mass is 32.1. The minimum Gasteiger partial charge on any atom is -0.496 e. The Morgan fingerprint density at radius 2 is 1.79 bits per heavy atom. The molecule has 0 saturated heterocycles. The molecule has 1 heterocycles. The number of thiophene rings is 1. The highest BCUT2D eigenvalue weighted by Crippen LogP contribution is 2.38. The largest absolute Gasteiger partial charge is 0.496 e. The van der Waals surface area contributed by atoms with E-state index in [0.717, 1.165) is 11.1 Å². The predicted molar refractivity (Wildman–Crippen MR) is 74.6 cm³/mol. The molecule has 1 aromatic heterocycles. The van der Waals surface area contributed by atoms with Crippen molar-refractivity contribution in [3.8, 4) is 22.6 Å². The van der Waals surface area contributed by atoms with Gasteiger partial charge in [-0.25, -0.2) is 4.79 Å². The minimum absolute atomic E-state index is 0.272. The van der Waals surface area contributed by atoms with Crippen LogP contribution in [0, 0.1) is 6.92 Å². The Bertz CT molecular complexity index is 616. The van der Waals surface area contributed by atoms with Crippen LogP contribution in [0.15, 0.2) is 22.9 Å². The third-order valence-corrected chi connectivity index (χ3v) is 3.64. The molecule has 19 heavy (non-hydrogen) atoms. The van der Waals surface area contributed by atoms with Crippen molar-refractivity contribution in [2.45, 2.75) is 6.92 Å². The first-order valence-corrected chi connectivity index (χ1v) is 6.55. The van der Waals surface area contributed by atoms with E-state index in [4.69, 9.17) is 9.47 Å². The minimum atomic E-state index is -0.946. The molecule has 0 fully saturated rings. The van der Waals surface area contributed by atoms with Gasteiger partial charge >= 0.3 is 5.97 Å². The molecule has 0 aliphatic rings. The van der Waals surface area contributed by atoms with Gasteiger partial charge in [-0.05, 0) is 30.0 Å². The maximum atomic E-state index is 11.2. The first-order chi connectivity index (χ1) is 9.08. The van der Waals surface area contributed by atoms with Gasteiger partial charge in [0.25, 0.3) is 0 Å². The van der Waals surface area contributed by atoms with Crippen LogP contribution >= 0.6 is 11.3 Å². The number of rotatable bonds is 4. The van der Waals surface area contributed by atoms with Crippen LogP contribution in [0.25, 0.3) is 11.1 Å². The predicted octanol–water partition coefficient (Wildman–Crippen LogP) is 3.44. The molecule has 0 bridgehead atoms. The van der Waals surface area contributed by atoms with Crippen LogP contribution in [0.2, 0.25) is 0 Å². The lowest BCUT2D eigenvalue weighted by Gasteiger charge is -2.13. The van der Waals surface area contributed by atoms with Crippen LogP contribution in [0.4, 0.5) is 0 Å². The molecule has 0 aliphatic heterocycles. The molecule has 0 atom stereocenters. The summed E-state index contributed by atoms with van der Waals surface area (Å²) in [6.07, 6.45) is 0. The maximum Gasteiger partial charge on any atom is 0.337 e. The van der Waals surface area contributed by atoms with Crippen molar-refractivity contribution in [3.05, 3.63) is 34.0 Å². The van der Waals surface area contributed by atoms with Crippen molar-refractivity contribution in [1.29, 1.82) is 0 Å². The molecule has 1 N–H and O–H groups in total.